The highest BCUT2D eigenvalue weighted by Gasteiger charge is 2.15. The summed E-state index contributed by atoms with van der Waals surface area (Å²) in [5, 5.41) is 6.31. The van der Waals surface area contributed by atoms with Gasteiger partial charge in [0.2, 0.25) is 5.95 Å². The van der Waals surface area contributed by atoms with Crippen LogP contribution in [0, 0.1) is 0 Å². The molecular formula is C18H15N5O2S2. The molecule has 27 heavy (non-hydrogen) atoms. The van der Waals surface area contributed by atoms with E-state index < -0.39 is 0 Å². The number of carbonyl (C=O) groups is 1. The summed E-state index contributed by atoms with van der Waals surface area (Å²) in [6.07, 6.45) is 1.68. The first-order valence-corrected chi connectivity index (χ1v) is 9.67. The van der Waals surface area contributed by atoms with Crippen LogP contribution in [0.15, 0.2) is 42.6 Å². The third-order valence-corrected chi connectivity index (χ3v) is 5.83. The number of benzene rings is 1. The first-order chi connectivity index (χ1) is 13.2. The van der Waals surface area contributed by atoms with Gasteiger partial charge in [0.15, 0.2) is 5.13 Å². The van der Waals surface area contributed by atoms with Crippen molar-refractivity contribution in [3.63, 3.8) is 0 Å². The molecule has 0 saturated carbocycles. The second-order valence-corrected chi connectivity index (χ2v) is 7.57. The molecule has 0 aliphatic heterocycles. The zero-order valence-electron chi connectivity index (χ0n) is 14.5. The molecule has 9 heteroatoms. The normalized spacial score (nSPS) is 10.7. The van der Waals surface area contributed by atoms with E-state index in [1.165, 1.54) is 22.7 Å². The van der Waals surface area contributed by atoms with Crippen molar-refractivity contribution in [3.05, 3.63) is 47.5 Å². The van der Waals surface area contributed by atoms with Gasteiger partial charge in [-0.15, -0.1) is 11.3 Å². The van der Waals surface area contributed by atoms with E-state index in [9.17, 15) is 4.79 Å². The fourth-order valence-electron chi connectivity index (χ4n) is 2.51. The Morgan fingerprint density at radius 3 is 2.81 bits per heavy atom. The highest BCUT2D eigenvalue weighted by atomic mass is 32.1. The zero-order chi connectivity index (χ0) is 18.8. The Bertz CT molecular complexity index is 1120. The van der Waals surface area contributed by atoms with E-state index in [0.717, 1.165) is 20.8 Å². The number of hydrogen-bond donors (Lipinski definition) is 2. The molecule has 0 spiro atoms. The molecule has 0 atom stereocenters. The van der Waals surface area contributed by atoms with Crippen LogP contribution in [0.4, 0.5) is 11.1 Å². The lowest BCUT2D eigenvalue weighted by Gasteiger charge is -2.00. The molecule has 0 radical (unpaired) electrons. The maximum Gasteiger partial charge on any atom is 0.267 e. The Hall–Kier alpha value is -3.04. The molecule has 7 nitrogen and oxygen atoms in total. The van der Waals surface area contributed by atoms with Crippen LogP contribution >= 0.6 is 22.7 Å². The molecular weight excluding hydrogens is 382 g/mol. The number of nitrogens with one attached hydrogen (secondary N) is 2. The van der Waals surface area contributed by atoms with Gasteiger partial charge in [0.05, 0.1) is 27.3 Å². The Morgan fingerprint density at radius 1 is 1.11 bits per heavy atom. The Morgan fingerprint density at radius 2 is 2.00 bits per heavy atom. The monoisotopic (exact) mass is 397 g/mol. The topological polar surface area (TPSA) is 89.0 Å². The average Bonchev–Trinajstić information content (AvgIpc) is 3.34. The smallest absolute Gasteiger partial charge is 0.267 e. The zero-order valence-corrected chi connectivity index (χ0v) is 16.1. The molecule has 0 aliphatic rings. The van der Waals surface area contributed by atoms with E-state index >= 15 is 0 Å². The Labute approximate surface area is 163 Å². The van der Waals surface area contributed by atoms with Gasteiger partial charge in [-0.1, -0.05) is 17.4 Å². The summed E-state index contributed by atoms with van der Waals surface area (Å²) in [7, 11) is 3.37. The van der Waals surface area contributed by atoms with E-state index in [2.05, 4.69) is 25.6 Å². The largest absolute Gasteiger partial charge is 0.494 e. The number of rotatable bonds is 5. The van der Waals surface area contributed by atoms with Crippen LogP contribution in [0.3, 0.4) is 0 Å². The van der Waals surface area contributed by atoms with Crippen molar-refractivity contribution in [2.45, 2.75) is 0 Å². The minimum absolute atomic E-state index is 0.202. The second kappa shape index (κ2) is 7.29. The number of ether oxygens (including phenoxy) is 1. The molecule has 136 valence electrons. The van der Waals surface area contributed by atoms with Crippen LogP contribution < -0.4 is 15.4 Å². The van der Waals surface area contributed by atoms with E-state index in [-0.39, 0.29) is 5.91 Å². The summed E-state index contributed by atoms with van der Waals surface area (Å²) < 4.78 is 6.27. The number of thiophene rings is 1. The fraction of sp³-hybridized carbons (Fsp3) is 0.111. The lowest BCUT2D eigenvalue weighted by Crippen LogP contribution is -2.09. The number of hydrogen-bond acceptors (Lipinski definition) is 8. The van der Waals surface area contributed by atoms with Gasteiger partial charge in [-0.25, -0.2) is 15.0 Å². The molecule has 0 saturated heterocycles. The fourth-order valence-corrected chi connectivity index (χ4v) is 4.26. The van der Waals surface area contributed by atoms with Gasteiger partial charge in [0.1, 0.15) is 11.3 Å². The molecule has 1 aromatic carbocycles. The second-order valence-electron chi connectivity index (χ2n) is 5.46. The molecule has 3 heterocycles. The molecule has 3 aromatic heterocycles. The van der Waals surface area contributed by atoms with Crippen molar-refractivity contribution >= 4 is 49.9 Å². The highest BCUT2D eigenvalue weighted by Crippen LogP contribution is 2.33. The SMILES string of the molecule is CNc1nccc(-c2ccc(C(=O)Nc3nc4c(OC)cccc4s3)s2)n1. The van der Waals surface area contributed by atoms with Crippen molar-refractivity contribution in [3.8, 4) is 16.3 Å². The van der Waals surface area contributed by atoms with Gasteiger partial charge >= 0.3 is 0 Å². The van der Waals surface area contributed by atoms with Gasteiger partial charge < -0.3 is 10.1 Å². The minimum Gasteiger partial charge on any atom is -0.494 e. The van der Waals surface area contributed by atoms with E-state index in [4.69, 9.17) is 4.74 Å². The predicted octanol–water partition coefficient (Wildman–Crippen LogP) is 4.12. The molecule has 0 bridgehead atoms. The molecule has 0 aliphatic carbocycles. The number of thiazole rings is 1. The van der Waals surface area contributed by atoms with Gasteiger partial charge in [0.25, 0.3) is 5.91 Å². The number of nitrogens with zero attached hydrogens (tertiary/aromatic N) is 3. The van der Waals surface area contributed by atoms with E-state index in [0.29, 0.717) is 21.7 Å². The van der Waals surface area contributed by atoms with Crippen molar-refractivity contribution in [1.29, 1.82) is 0 Å². The van der Waals surface area contributed by atoms with Gasteiger partial charge in [0, 0.05) is 13.2 Å². The number of amides is 1. The molecule has 1 amide bonds. The van der Waals surface area contributed by atoms with Crippen LogP contribution in [0.1, 0.15) is 9.67 Å². The standard InChI is InChI=1S/C18H15N5O2S2/c1-19-17-20-9-8-10(21-17)12-6-7-14(26-12)16(24)23-18-22-15-11(25-2)4-3-5-13(15)27-18/h3-9H,1-2H3,(H,19,20,21)(H,22,23,24). The lowest BCUT2D eigenvalue weighted by atomic mass is 10.3. The summed E-state index contributed by atoms with van der Waals surface area (Å²) >= 11 is 2.78. The van der Waals surface area contributed by atoms with E-state index in [1.54, 1.807) is 26.4 Å². The van der Waals surface area contributed by atoms with Gasteiger partial charge in [-0.2, -0.15) is 0 Å². The summed E-state index contributed by atoms with van der Waals surface area (Å²) in [6, 6.07) is 11.2. The van der Waals surface area contributed by atoms with Crippen molar-refractivity contribution in [1.82, 2.24) is 15.0 Å². The van der Waals surface area contributed by atoms with Crippen LogP contribution in [-0.4, -0.2) is 35.0 Å². The molecule has 0 fully saturated rings. The first-order valence-electron chi connectivity index (χ1n) is 8.04. The third-order valence-electron chi connectivity index (χ3n) is 3.78. The number of methoxy groups -OCH3 is 1. The summed E-state index contributed by atoms with van der Waals surface area (Å²) in [6.45, 7) is 0. The van der Waals surface area contributed by atoms with Crippen LogP contribution in [-0.2, 0) is 0 Å². The lowest BCUT2D eigenvalue weighted by molar-refractivity contribution is 0.103. The van der Waals surface area contributed by atoms with Crippen molar-refractivity contribution < 1.29 is 9.53 Å². The first kappa shape index (κ1) is 17.4. The van der Waals surface area contributed by atoms with Crippen LogP contribution in [0.5, 0.6) is 5.75 Å². The summed E-state index contributed by atoms with van der Waals surface area (Å²) in [4.78, 5) is 27.1. The average molecular weight is 397 g/mol. The van der Waals surface area contributed by atoms with Crippen LogP contribution in [0.25, 0.3) is 20.8 Å². The van der Waals surface area contributed by atoms with Crippen LogP contribution in [0.2, 0.25) is 0 Å². The summed E-state index contributed by atoms with van der Waals surface area (Å²) in [5.74, 6) is 1.02. The number of carbonyl (C=O) groups excluding carboxylic acids is 1. The Kier molecular flexibility index (Phi) is 4.69. The molecule has 4 aromatic rings. The van der Waals surface area contributed by atoms with Gasteiger partial charge in [-0.05, 0) is 30.3 Å². The number of anilines is 2. The highest BCUT2D eigenvalue weighted by molar-refractivity contribution is 7.22. The maximum atomic E-state index is 12.6. The molecule has 0 unspecified atom stereocenters. The quantitative estimate of drug-likeness (QED) is 0.527. The minimum atomic E-state index is -0.202. The molecule has 4 rings (SSSR count). The van der Waals surface area contributed by atoms with E-state index in [1.807, 2.05) is 30.3 Å². The Balaban J connectivity index is 1.56. The summed E-state index contributed by atoms with van der Waals surface area (Å²) in [5.41, 5.74) is 1.51. The van der Waals surface area contributed by atoms with Crippen molar-refractivity contribution in [2.24, 2.45) is 0 Å². The van der Waals surface area contributed by atoms with Gasteiger partial charge in [-0.3, -0.25) is 10.1 Å². The third kappa shape index (κ3) is 3.46. The maximum absolute atomic E-state index is 12.6. The molecule has 2 N–H and O–H groups in total. The number of aromatic nitrogens is 3. The number of fused-ring (bicyclic) bond motifs is 1. The van der Waals surface area contributed by atoms with Crippen molar-refractivity contribution in [2.75, 3.05) is 24.8 Å². The predicted molar refractivity (Wildman–Crippen MR) is 109 cm³/mol. The number of para-hydroxylation sites is 1.